The average molecular weight is 385 g/mol. The van der Waals surface area contributed by atoms with E-state index in [4.69, 9.17) is 9.83 Å². The molecular formula is C28H19NO. The van der Waals surface area contributed by atoms with Crippen molar-refractivity contribution in [2.24, 2.45) is 0 Å². The summed E-state index contributed by atoms with van der Waals surface area (Å²) in [6, 6.07) is 31.8. The highest BCUT2D eigenvalue weighted by molar-refractivity contribution is 6.19. The first-order valence-electron chi connectivity index (χ1n) is 10.1. The first kappa shape index (κ1) is 17.0. The summed E-state index contributed by atoms with van der Waals surface area (Å²) in [4.78, 5) is 0. The van der Waals surface area contributed by atoms with Crippen LogP contribution in [0.2, 0.25) is 0 Å². The number of benzene rings is 5. The Bertz CT molecular complexity index is 1620. The number of nitrogens with one attached hydrogen (secondary N) is 1. The van der Waals surface area contributed by atoms with Gasteiger partial charge in [0.2, 0.25) is 0 Å². The number of rotatable bonds is 2. The summed E-state index contributed by atoms with van der Waals surface area (Å²) in [7, 11) is 0. The van der Waals surface area contributed by atoms with Crippen molar-refractivity contribution in [1.29, 1.82) is 5.41 Å². The van der Waals surface area contributed by atoms with Crippen LogP contribution in [-0.4, -0.2) is 5.71 Å². The van der Waals surface area contributed by atoms with Gasteiger partial charge in [-0.05, 0) is 63.9 Å². The van der Waals surface area contributed by atoms with Gasteiger partial charge in [-0.3, -0.25) is 0 Å². The Morgan fingerprint density at radius 3 is 2.27 bits per heavy atom. The minimum absolute atomic E-state index is 0.546. The first-order valence-corrected chi connectivity index (χ1v) is 10.1. The third-order valence-electron chi connectivity index (χ3n) is 5.98. The molecule has 0 amide bonds. The van der Waals surface area contributed by atoms with Crippen LogP contribution in [0.5, 0.6) is 0 Å². The van der Waals surface area contributed by atoms with Crippen LogP contribution in [0.4, 0.5) is 0 Å². The quantitative estimate of drug-likeness (QED) is 0.238. The van der Waals surface area contributed by atoms with Crippen molar-refractivity contribution in [2.75, 3.05) is 0 Å². The van der Waals surface area contributed by atoms with Crippen molar-refractivity contribution in [1.82, 2.24) is 0 Å². The largest absolute Gasteiger partial charge is 0.456 e. The van der Waals surface area contributed by atoms with Crippen LogP contribution in [0.1, 0.15) is 12.5 Å². The van der Waals surface area contributed by atoms with Gasteiger partial charge in [-0.25, -0.2) is 0 Å². The molecule has 0 aliphatic rings. The van der Waals surface area contributed by atoms with E-state index in [9.17, 15) is 0 Å². The van der Waals surface area contributed by atoms with Crippen molar-refractivity contribution >= 4 is 49.2 Å². The van der Waals surface area contributed by atoms with Gasteiger partial charge in [-0.1, -0.05) is 66.7 Å². The van der Waals surface area contributed by atoms with Crippen LogP contribution < -0.4 is 0 Å². The molecule has 0 spiro atoms. The van der Waals surface area contributed by atoms with Crippen molar-refractivity contribution in [3.05, 3.63) is 96.6 Å². The maximum atomic E-state index is 8.21. The van der Waals surface area contributed by atoms with E-state index in [2.05, 4.69) is 72.8 Å². The molecule has 0 aliphatic heterocycles. The van der Waals surface area contributed by atoms with Gasteiger partial charge in [0, 0.05) is 22.0 Å². The maximum Gasteiger partial charge on any atom is 0.136 e. The number of fused-ring (bicyclic) bond motifs is 6. The smallest absolute Gasteiger partial charge is 0.136 e. The van der Waals surface area contributed by atoms with Crippen LogP contribution in [0.25, 0.3) is 54.6 Å². The molecule has 0 fully saturated rings. The highest BCUT2D eigenvalue weighted by Crippen LogP contribution is 2.38. The normalized spacial score (nSPS) is 11.6. The predicted octanol–water partition coefficient (Wildman–Crippen LogP) is 7.95. The molecule has 1 heterocycles. The zero-order valence-electron chi connectivity index (χ0n) is 16.6. The molecule has 2 nitrogen and oxygen atoms in total. The summed E-state index contributed by atoms with van der Waals surface area (Å²) in [6.07, 6.45) is 0. The second-order valence-corrected chi connectivity index (χ2v) is 7.81. The standard InChI is InChI=1S/C28H19NO/c1-17(29)20-11-6-12-27-28(20)25-16-19(13-14-26(25)30-27)24-15-18-7-2-3-8-21(18)22-9-4-5-10-23(22)24/h2-16,29H,1H3. The Balaban J connectivity index is 1.72. The topological polar surface area (TPSA) is 37.0 Å². The molecule has 5 aromatic carbocycles. The lowest BCUT2D eigenvalue weighted by atomic mass is 9.92. The molecule has 30 heavy (non-hydrogen) atoms. The predicted molar refractivity (Wildman–Crippen MR) is 127 cm³/mol. The summed E-state index contributed by atoms with van der Waals surface area (Å²) in [5.74, 6) is 0. The lowest BCUT2D eigenvalue weighted by molar-refractivity contribution is 0.669. The number of hydrogen-bond donors (Lipinski definition) is 1. The fourth-order valence-electron chi connectivity index (χ4n) is 4.60. The van der Waals surface area contributed by atoms with Crippen LogP contribution in [0.3, 0.4) is 0 Å². The van der Waals surface area contributed by atoms with Crippen molar-refractivity contribution in [2.45, 2.75) is 6.92 Å². The van der Waals surface area contributed by atoms with Gasteiger partial charge in [0.25, 0.3) is 0 Å². The summed E-state index contributed by atoms with van der Waals surface area (Å²) < 4.78 is 6.10. The van der Waals surface area contributed by atoms with E-state index >= 15 is 0 Å². The molecule has 2 heteroatoms. The van der Waals surface area contributed by atoms with E-state index < -0.39 is 0 Å². The first-order chi connectivity index (χ1) is 14.7. The van der Waals surface area contributed by atoms with E-state index in [-0.39, 0.29) is 0 Å². The van der Waals surface area contributed by atoms with Gasteiger partial charge < -0.3 is 9.83 Å². The fraction of sp³-hybridized carbons (Fsp3) is 0.0357. The second kappa shape index (κ2) is 6.30. The minimum atomic E-state index is 0.546. The molecule has 0 atom stereocenters. The molecule has 0 unspecified atom stereocenters. The van der Waals surface area contributed by atoms with Gasteiger partial charge in [0.15, 0.2) is 0 Å². The monoisotopic (exact) mass is 385 g/mol. The van der Waals surface area contributed by atoms with Gasteiger partial charge in [-0.2, -0.15) is 0 Å². The molecule has 0 aliphatic carbocycles. The average Bonchev–Trinajstić information content (AvgIpc) is 3.16. The Kier molecular flexibility index (Phi) is 3.57. The van der Waals surface area contributed by atoms with Crippen molar-refractivity contribution < 1.29 is 4.42 Å². The lowest BCUT2D eigenvalue weighted by Crippen LogP contribution is -1.92. The highest BCUT2D eigenvalue weighted by Gasteiger charge is 2.14. The summed E-state index contributed by atoms with van der Waals surface area (Å²) in [5.41, 5.74) is 5.52. The minimum Gasteiger partial charge on any atom is -0.456 e. The van der Waals surface area contributed by atoms with E-state index in [1.54, 1.807) is 0 Å². The molecule has 0 saturated heterocycles. The zero-order valence-corrected chi connectivity index (χ0v) is 16.6. The zero-order chi connectivity index (χ0) is 20.2. The van der Waals surface area contributed by atoms with Crippen molar-refractivity contribution in [3.63, 3.8) is 0 Å². The highest BCUT2D eigenvalue weighted by atomic mass is 16.3. The van der Waals surface area contributed by atoms with E-state index in [0.717, 1.165) is 33.1 Å². The molecule has 0 bridgehead atoms. The lowest BCUT2D eigenvalue weighted by Gasteiger charge is -2.11. The van der Waals surface area contributed by atoms with Crippen LogP contribution >= 0.6 is 0 Å². The number of furan rings is 1. The van der Waals surface area contributed by atoms with Crippen LogP contribution in [0, 0.1) is 5.41 Å². The third-order valence-corrected chi connectivity index (χ3v) is 5.98. The summed E-state index contributed by atoms with van der Waals surface area (Å²) in [6.45, 7) is 1.83. The van der Waals surface area contributed by atoms with Crippen LogP contribution in [0.15, 0.2) is 95.4 Å². The Morgan fingerprint density at radius 2 is 1.43 bits per heavy atom. The summed E-state index contributed by atoms with van der Waals surface area (Å²) >= 11 is 0. The van der Waals surface area contributed by atoms with Crippen LogP contribution in [-0.2, 0) is 0 Å². The Hall–Kier alpha value is -3.91. The van der Waals surface area contributed by atoms with Gasteiger partial charge in [0.05, 0.1) is 0 Å². The molecule has 0 radical (unpaired) electrons. The molecule has 1 N–H and O–H groups in total. The molecule has 142 valence electrons. The van der Waals surface area contributed by atoms with Gasteiger partial charge >= 0.3 is 0 Å². The Morgan fingerprint density at radius 1 is 0.667 bits per heavy atom. The molecule has 6 rings (SSSR count). The molecule has 1 aromatic heterocycles. The molecule has 6 aromatic rings. The van der Waals surface area contributed by atoms with E-state index in [1.807, 2.05) is 25.1 Å². The fourth-order valence-corrected chi connectivity index (χ4v) is 4.60. The van der Waals surface area contributed by atoms with Gasteiger partial charge in [-0.15, -0.1) is 0 Å². The molecule has 0 saturated carbocycles. The van der Waals surface area contributed by atoms with E-state index in [1.165, 1.54) is 27.1 Å². The Labute approximate surface area is 173 Å². The van der Waals surface area contributed by atoms with Crippen molar-refractivity contribution in [3.8, 4) is 11.1 Å². The third kappa shape index (κ3) is 2.40. The maximum absolute atomic E-state index is 8.21. The number of hydrogen-bond acceptors (Lipinski definition) is 2. The SMILES string of the molecule is CC(=N)c1cccc2oc3ccc(-c4cc5ccccc5c5ccccc45)cc3c12. The molecular weight excluding hydrogens is 366 g/mol. The van der Waals surface area contributed by atoms with Gasteiger partial charge in [0.1, 0.15) is 11.2 Å². The summed E-state index contributed by atoms with van der Waals surface area (Å²) in [5, 5.41) is 15.3. The second-order valence-electron chi connectivity index (χ2n) is 7.81. The van der Waals surface area contributed by atoms with E-state index in [0.29, 0.717) is 5.71 Å².